The van der Waals surface area contributed by atoms with Crippen molar-refractivity contribution in [2.45, 2.75) is 38.8 Å². The molecule has 0 spiro atoms. The second-order valence-electron chi connectivity index (χ2n) is 4.35. The van der Waals surface area contributed by atoms with Crippen LogP contribution in [0.3, 0.4) is 0 Å². The standard InChI is InChI=1S/C13H17N3OS2/c1-4-5-12-14-13(16-15-12)18-7-11(17)10-6-8(2)19-9(10)3/h6H,4-5,7H2,1-3H3,(H,14,15,16). The van der Waals surface area contributed by atoms with E-state index in [0.717, 1.165) is 29.1 Å². The van der Waals surface area contributed by atoms with E-state index >= 15 is 0 Å². The molecule has 0 unspecified atom stereocenters. The number of ketones is 1. The molecule has 2 rings (SSSR count). The summed E-state index contributed by atoms with van der Waals surface area (Å²) in [4.78, 5) is 18.7. The van der Waals surface area contributed by atoms with Crippen LogP contribution in [-0.2, 0) is 6.42 Å². The van der Waals surface area contributed by atoms with E-state index in [2.05, 4.69) is 22.1 Å². The predicted octanol–water partition coefficient (Wildman–Crippen LogP) is 3.41. The maximum Gasteiger partial charge on any atom is 0.208 e. The molecule has 1 N–H and O–H groups in total. The second-order valence-corrected chi connectivity index (χ2v) is 6.76. The lowest BCUT2D eigenvalue weighted by Gasteiger charge is -1.97. The average molecular weight is 295 g/mol. The fourth-order valence-corrected chi connectivity index (χ4v) is 3.45. The molecule has 0 bridgehead atoms. The smallest absolute Gasteiger partial charge is 0.208 e. The first-order valence-corrected chi connectivity index (χ1v) is 8.04. The molecule has 0 saturated heterocycles. The van der Waals surface area contributed by atoms with E-state index in [1.165, 1.54) is 16.6 Å². The van der Waals surface area contributed by atoms with Crippen molar-refractivity contribution in [2.75, 3.05) is 5.75 Å². The number of nitrogens with zero attached hydrogens (tertiary/aromatic N) is 2. The van der Waals surface area contributed by atoms with Crippen LogP contribution in [0.2, 0.25) is 0 Å². The summed E-state index contributed by atoms with van der Waals surface area (Å²) in [5, 5.41) is 7.65. The molecular weight excluding hydrogens is 278 g/mol. The van der Waals surface area contributed by atoms with Gasteiger partial charge in [0.15, 0.2) is 5.78 Å². The quantitative estimate of drug-likeness (QED) is 0.655. The Bertz CT molecular complexity index is 574. The molecule has 0 aromatic carbocycles. The number of aryl methyl sites for hydroxylation is 3. The summed E-state index contributed by atoms with van der Waals surface area (Å²) in [5.41, 5.74) is 0.833. The van der Waals surface area contributed by atoms with Crippen LogP contribution in [0.25, 0.3) is 0 Å². The number of thiophene rings is 1. The molecule has 0 aliphatic heterocycles. The Kier molecular flexibility index (Phi) is 4.76. The summed E-state index contributed by atoms with van der Waals surface area (Å²) in [7, 11) is 0. The van der Waals surface area contributed by atoms with E-state index in [9.17, 15) is 4.79 Å². The van der Waals surface area contributed by atoms with Gasteiger partial charge in [0.1, 0.15) is 5.82 Å². The molecule has 2 heterocycles. The molecular formula is C13H17N3OS2. The number of H-pyrrole nitrogens is 1. The number of Topliss-reactive ketones (excluding diaryl/α,β-unsaturated/α-hetero) is 1. The van der Waals surface area contributed by atoms with Crippen molar-refractivity contribution < 1.29 is 4.79 Å². The maximum atomic E-state index is 12.1. The van der Waals surface area contributed by atoms with Crippen molar-refractivity contribution in [1.29, 1.82) is 0 Å². The number of carbonyl (C=O) groups excluding carboxylic acids is 1. The van der Waals surface area contributed by atoms with Crippen LogP contribution in [0.5, 0.6) is 0 Å². The second kappa shape index (κ2) is 6.34. The fraction of sp³-hybridized carbons (Fsp3) is 0.462. The molecule has 2 aromatic rings. The molecule has 4 nitrogen and oxygen atoms in total. The van der Waals surface area contributed by atoms with Crippen molar-refractivity contribution in [3.05, 3.63) is 27.2 Å². The Morgan fingerprint density at radius 2 is 2.26 bits per heavy atom. The number of thioether (sulfide) groups is 1. The number of carbonyl (C=O) groups is 1. The van der Waals surface area contributed by atoms with Gasteiger partial charge in [-0.2, -0.15) is 0 Å². The zero-order chi connectivity index (χ0) is 13.8. The molecule has 0 aliphatic carbocycles. The molecule has 0 radical (unpaired) electrons. The maximum absolute atomic E-state index is 12.1. The van der Waals surface area contributed by atoms with E-state index in [0.29, 0.717) is 10.9 Å². The molecule has 6 heteroatoms. The van der Waals surface area contributed by atoms with Crippen LogP contribution in [0.15, 0.2) is 11.2 Å². The summed E-state index contributed by atoms with van der Waals surface area (Å²) >= 11 is 3.05. The first kappa shape index (κ1) is 14.3. The first-order valence-electron chi connectivity index (χ1n) is 6.24. The minimum absolute atomic E-state index is 0.147. The van der Waals surface area contributed by atoms with Crippen molar-refractivity contribution in [3.8, 4) is 0 Å². The third-order valence-corrected chi connectivity index (χ3v) is 4.48. The van der Waals surface area contributed by atoms with Crippen molar-refractivity contribution >= 4 is 28.9 Å². The van der Waals surface area contributed by atoms with E-state index in [4.69, 9.17) is 0 Å². The topological polar surface area (TPSA) is 58.6 Å². The predicted molar refractivity (Wildman–Crippen MR) is 79.2 cm³/mol. The Hall–Kier alpha value is -1.14. The number of nitrogens with one attached hydrogen (secondary N) is 1. The summed E-state index contributed by atoms with van der Waals surface area (Å²) in [5.74, 6) is 1.43. The third kappa shape index (κ3) is 3.67. The van der Waals surface area contributed by atoms with E-state index < -0.39 is 0 Å². The van der Waals surface area contributed by atoms with Gasteiger partial charge in [-0.1, -0.05) is 18.7 Å². The van der Waals surface area contributed by atoms with Gasteiger partial charge in [-0.25, -0.2) is 4.98 Å². The molecule has 0 saturated carbocycles. The minimum Gasteiger partial charge on any atom is -0.293 e. The summed E-state index contributed by atoms with van der Waals surface area (Å²) in [6.45, 7) is 6.11. The fourth-order valence-electron chi connectivity index (χ4n) is 1.81. The Morgan fingerprint density at radius 1 is 1.47 bits per heavy atom. The van der Waals surface area contributed by atoms with Crippen LogP contribution in [0.1, 0.15) is 39.3 Å². The van der Waals surface area contributed by atoms with E-state index in [-0.39, 0.29) is 5.78 Å². The van der Waals surface area contributed by atoms with Crippen LogP contribution < -0.4 is 0 Å². The number of aromatic amines is 1. The SMILES string of the molecule is CCCc1nc(SCC(=O)c2cc(C)sc2C)n[nH]1. The highest BCUT2D eigenvalue weighted by Crippen LogP contribution is 2.23. The third-order valence-electron chi connectivity index (χ3n) is 2.67. The molecule has 19 heavy (non-hydrogen) atoms. The van der Waals surface area contributed by atoms with Gasteiger partial charge in [0.2, 0.25) is 5.16 Å². The molecule has 2 aromatic heterocycles. The van der Waals surface area contributed by atoms with Gasteiger partial charge in [-0.05, 0) is 26.3 Å². The van der Waals surface area contributed by atoms with Gasteiger partial charge in [-0.15, -0.1) is 16.4 Å². The first-order chi connectivity index (χ1) is 9.10. The van der Waals surface area contributed by atoms with Crippen molar-refractivity contribution in [1.82, 2.24) is 15.2 Å². The van der Waals surface area contributed by atoms with Crippen LogP contribution in [0.4, 0.5) is 0 Å². The van der Waals surface area contributed by atoms with Gasteiger partial charge in [0, 0.05) is 21.7 Å². The van der Waals surface area contributed by atoms with Crippen LogP contribution in [-0.4, -0.2) is 26.7 Å². The minimum atomic E-state index is 0.147. The highest BCUT2D eigenvalue weighted by atomic mass is 32.2. The van der Waals surface area contributed by atoms with Gasteiger partial charge in [0.05, 0.1) is 5.75 Å². The van der Waals surface area contributed by atoms with Gasteiger partial charge in [0.25, 0.3) is 0 Å². The number of aromatic nitrogens is 3. The highest BCUT2D eigenvalue weighted by Gasteiger charge is 2.13. The van der Waals surface area contributed by atoms with Crippen molar-refractivity contribution in [3.63, 3.8) is 0 Å². The normalized spacial score (nSPS) is 10.9. The molecule has 0 amide bonds. The largest absolute Gasteiger partial charge is 0.293 e. The van der Waals surface area contributed by atoms with Crippen molar-refractivity contribution in [2.24, 2.45) is 0 Å². The molecule has 102 valence electrons. The Labute approximate surface area is 121 Å². The Morgan fingerprint density at radius 3 is 2.89 bits per heavy atom. The summed E-state index contributed by atoms with van der Waals surface area (Å²) in [6.07, 6.45) is 1.93. The van der Waals surface area contributed by atoms with Gasteiger partial charge in [-0.3, -0.25) is 9.89 Å². The van der Waals surface area contributed by atoms with Gasteiger partial charge < -0.3 is 0 Å². The number of rotatable bonds is 6. The molecule has 0 fully saturated rings. The number of hydrogen-bond donors (Lipinski definition) is 1. The Balaban J connectivity index is 1.94. The lowest BCUT2D eigenvalue weighted by molar-refractivity contribution is 0.102. The zero-order valence-electron chi connectivity index (χ0n) is 11.3. The monoisotopic (exact) mass is 295 g/mol. The van der Waals surface area contributed by atoms with E-state index in [1.807, 2.05) is 19.9 Å². The summed E-state index contributed by atoms with van der Waals surface area (Å²) < 4.78 is 0. The highest BCUT2D eigenvalue weighted by molar-refractivity contribution is 7.99. The zero-order valence-corrected chi connectivity index (χ0v) is 13.0. The summed E-state index contributed by atoms with van der Waals surface area (Å²) in [6, 6.07) is 1.96. The molecule has 0 aliphatic rings. The lowest BCUT2D eigenvalue weighted by atomic mass is 10.2. The van der Waals surface area contributed by atoms with Crippen LogP contribution >= 0.6 is 23.1 Å². The average Bonchev–Trinajstić information content (AvgIpc) is 2.93. The van der Waals surface area contributed by atoms with E-state index in [1.54, 1.807) is 11.3 Å². The van der Waals surface area contributed by atoms with Crippen LogP contribution in [0, 0.1) is 13.8 Å². The molecule has 0 atom stereocenters. The van der Waals surface area contributed by atoms with Gasteiger partial charge >= 0.3 is 0 Å². The number of hydrogen-bond acceptors (Lipinski definition) is 5. The lowest BCUT2D eigenvalue weighted by Crippen LogP contribution is -2.02.